The maximum atomic E-state index is 5.95. The molecule has 4 nitrogen and oxygen atoms in total. The van der Waals surface area contributed by atoms with Crippen LogP contribution in [0, 0.1) is 0 Å². The van der Waals surface area contributed by atoms with E-state index < -0.39 is 0 Å². The average molecular weight is 293 g/mol. The first kappa shape index (κ1) is 12.6. The van der Waals surface area contributed by atoms with Gasteiger partial charge in [-0.05, 0) is 31.2 Å². The molecule has 1 unspecified atom stereocenters. The molecule has 0 amide bonds. The van der Waals surface area contributed by atoms with E-state index in [0.717, 1.165) is 15.8 Å². The van der Waals surface area contributed by atoms with E-state index in [4.69, 9.17) is 11.6 Å². The first-order chi connectivity index (χ1) is 9.24. The van der Waals surface area contributed by atoms with Crippen molar-refractivity contribution < 1.29 is 0 Å². The topological polar surface area (TPSA) is 42.2 Å². The Morgan fingerprint density at radius 3 is 3.00 bits per heavy atom. The summed E-state index contributed by atoms with van der Waals surface area (Å²) in [6.45, 7) is 2.78. The third kappa shape index (κ3) is 2.63. The van der Waals surface area contributed by atoms with Crippen LogP contribution in [-0.2, 0) is 6.54 Å². The normalized spacial score (nSPS) is 12.9. The zero-order valence-corrected chi connectivity index (χ0v) is 11.9. The van der Waals surface area contributed by atoms with E-state index in [1.165, 1.54) is 4.88 Å². The van der Waals surface area contributed by atoms with Crippen molar-refractivity contribution in [2.75, 3.05) is 0 Å². The molecule has 0 aliphatic heterocycles. The van der Waals surface area contributed by atoms with Gasteiger partial charge in [0.05, 0.1) is 10.9 Å². The first-order valence-electron chi connectivity index (χ1n) is 6.01. The highest BCUT2D eigenvalue weighted by molar-refractivity contribution is 7.16. The molecule has 0 spiro atoms. The summed E-state index contributed by atoms with van der Waals surface area (Å²) in [5.41, 5.74) is 0.867. The molecule has 3 aromatic rings. The van der Waals surface area contributed by atoms with Crippen LogP contribution in [0.25, 0.3) is 5.65 Å². The molecule has 3 rings (SSSR count). The molecule has 19 heavy (non-hydrogen) atoms. The van der Waals surface area contributed by atoms with Crippen molar-refractivity contribution in [1.82, 2.24) is 19.9 Å². The number of pyridine rings is 1. The SMILES string of the molecule is CC(NCc1nnc2ccccn12)c1ccc(Cl)s1. The Labute approximate surface area is 120 Å². The lowest BCUT2D eigenvalue weighted by Gasteiger charge is -2.10. The van der Waals surface area contributed by atoms with Gasteiger partial charge in [-0.2, -0.15) is 0 Å². The maximum absolute atomic E-state index is 5.95. The second-order valence-corrected chi connectivity index (χ2v) is 6.04. The fraction of sp³-hybridized carbons (Fsp3) is 0.231. The molecule has 1 atom stereocenters. The van der Waals surface area contributed by atoms with Crippen LogP contribution >= 0.6 is 22.9 Å². The number of thiophene rings is 1. The molecule has 3 heterocycles. The third-order valence-electron chi connectivity index (χ3n) is 2.97. The maximum Gasteiger partial charge on any atom is 0.160 e. The molecule has 98 valence electrons. The number of hydrogen-bond donors (Lipinski definition) is 1. The molecule has 0 fully saturated rings. The van der Waals surface area contributed by atoms with E-state index in [9.17, 15) is 0 Å². The highest BCUT2D eigenvalue weighted by atomic mass is 35.5. The van der Waals surface area contributed by atoms with Crippen LogP contribution in [0.15, 0.2) is 36.5 Å². The van der Waals surface area contributed by atoms with E-state index in [1.54, 1.807) is 11.3 Å². The predicted octanol–water partition coefficient (Wildman–Crippen LogP) is 3.30. The van der Waals surface area contributed by atoms with Crippen LogP contribution in [0.3, 0.4) is 0 Å². The van der Waals surface area contributed by atoms with Gasteiger partial charge in [-0.15, -0.1) is 21.5 Å². The van der Waals surface area contributed by atoms with Gasteiger partial charge in [0.15, 0.2) is 11.5 Å². The molecule has 0 saturated heterocycles. The monoisotopic (exact) mass is 292 g/mol. The molecule has 1 N–H and O–H groups in total. The highest BCUT2D eigenvalue weighted by Crippen LogP contribution is 2.26. The number of fused-ring (bicyclic) bond motifs is 1. The van der Waals surface area contributed by atoms with Crippen molar-refractivity contribution >= 4 is 28.6 Å². The van der Waals surface area contributed by atoms with E-state index >= 15 is 0 Å². The smallest absolute Gasteiger partial charge is 0.160 e. The Hall–Kier alpha value is -1.43. The number of aromatic nitrogens is 3. The number of nitrogens with zero attached hydrogens (tertiary/aromatic N) is 3. The molecule has 3 aromatic heterocycles. The van der Waals surface area contributed by atoms with Gasteiger partial charge in [0.25, 0.3) is 0 Å². The molecule has 6 heteroatoms. The minimum atomic E-state index is 0.244. The lowest BCUT2D eigenvalue weighted by molar-refractivity contribution is 0.563. The van der Waals surface area contributed by atoms with Gasteiger partial charge in [-0.3, -0.25) is 4.40 Å². The van der Waals surface area contributed by atoms with Gasteiger partial charge in [-0.1, -0.05) is 17.7 Å². The summed E-state index contributed by atoms with van der Waals surface area (Å²) in [7, 11) is 0. The molecule has 0 aliphatic rings. The van der Waals surface area contributed by atoms with Crippen molar-refractivity contribution in [3.05, 3.63) is 51.6 Å². The van der Waals surface area contributed by atoms with Crippen LogP contribution < -0.4 is 5.32 Å². The summed E-state index contributed by atoms with van der Waals surface area (Å²) in [5, 5.41) is 11.8. The Kier molecular flexibility index (Phi) is 3.50. The second kappa shape index (κ2) is 5.28. The number of hydrogen-bond acceptors (Lipinski definition) is 4. The van der Waals surface area contributed by atoms with Gasteiger partial charge in [0, 0.05) is 17.1 Å². The van der Waals surface area contributed by atoms with Crippen molar-refractivity contribution in [3.63, 3.8) is 0 Å². The van der Waals surface area contributed by atoms with Crippen LogP contribution in [0.2, 0.25) is 4.34 Å². The van der Waals surface area contributed by atoms with E-state index in [-0.39, 0.29) is 6.04 Å². The summed E-state index contributed by atoms with van der Waals surface area (Å²) >= 11 is 7.54. The lowest BCUT2D eigenvalue weighted by Crippen LogP contribution is -2.18. The Morgan fingerprint density at radius 1 is 1.32 bits per heavy atom. The summed E-state index contributed by atoms with van der Waals surface area (Å²) in [6.07, 6.45) is 1.97. The van der Waals surface area contributed by atoms with E-state index in [2.05, 4.69) is 22.4 Å². The first-order valence-corrected chi connectivity index (χ1v) is 7.21. The summed E-state index contributed by atoms with van der Waals surface area (Å²) in [6, 6.07) is 10.1. The lowest BCUT2D eigenvalue weighted by atomic mass is 10.3. The van der Waals surface area contributed by atoms with Crippen LogP contribution in [0.4, 0.5) is 0 Å². The Bertz CT molecular complexity index is 691. The second-order valence-electron chi connectivity index (χ2n) is 4.29. The van der Waals surface area contributed by atoms with Gasteiger partial charge < -0.3 is 5.32 Å². The minimum absolute atomic E-state index is 0.244. The quantitative estimate of drug-likeness (QED) is 0.802. The standard InChI is InChI=1S/C13H13ClN4S/c1-9(10-5-6-11(14)19-10)15-8-13-17-16-12-4-2-3-7-18(12)13/h2-7,9,15H,8H2,1H3. The fourth-order valence-corrected chi connectivity index (χ4v) is 3.01. The molecular formula is C13H13ClN4S. The summed E-state index contributed by atoms with van der Waals surface area (Å²) in [5.74, 6) is 0.908. The minimum Gasteiger partial charge on any atom is -0.302 e. The van der Waals surface area contributed by atoms with Crippen molar-refractivity contribution in [3.8, 4) is 0 Å². The zero-order valence-electron chi connectivity index (χ0n) is 10.4. The molecule has 0 bridgehead atoms. The Morgan fingerprint density at radius 2 is 2.21 bits per heavy atom. The fourth-order valence-electron chi connectivity index (χ4n) is 1.92. The highest BCUT2D eigenvalue weighted by Gasteiger charge is 2.10. The third-order valence-corrected chi connectivity index (χ3v) is 4.39. The molecule has 0 saturated carbocycles. The van der Waals surface area contributed by atoms with Crippen molar-refractivity contribution in [1.29, 1.82) is 0 Å². The average Bonchev–Trinajstić information content (AvgIpc) is 3.02. The predicted molar refractivity (Wildman–Crippen MR) is 77.6 cm³/mol. The van der Waals surface area contributed by atoms with E-state index in [0.29, 0.717) is 6.54 Å². The summed E-state index contributed by atoms with van der Waals surface area (Å²) in [4.78, 5) is 1.22. The van der Waals surface area contributed by atoms with Gasteiger partial charge in [0.1, 0.15) is 0 Å². The van der Waals surface area contributed by atoms with Crippen LogP contribution in [0.5, 0.6) is 0 Å². The van der Waals surface area contributed by atoms with Gasteiger partial charge in [-0.25, -0.2) is 0 Å². The number of rotatable bonds is 4. The summed E-state index contributed by atoms with van der Waals surface area (Å²) < 4.78 is 2.80. The van der Waals surface area contributed by atoms with Gasteiger partial charge >= 0.3 is 0 Å². The zero-order chi connectivity index (χ0) is 13.2. The number of halogens is 1. The largest absolute Gasteiger partial charge is 0.302 e. The van der Waals surface area contributed by atoms with Crippen LogP contribution in [0.1, 0.15) is 23.7 Å². The van der Waals surface area contributed by atoms with Gasteiger partial charge in [0.2, 0.25) is 0 Å². The van der Waals surface area contributed by atoms with Crippen LogP contribution in [-0.4, -0.2) is 14.6 Å². The molecular weight excluding hydrogens is 280 g/mol. The van der Waals surface area contributed by atoms with Crippen molar-refractivity contribution in [2.24, 2.45) is 0 Å². The van der Waals surface area contributed by atoms with Crippen molar-refractivity contribution in [2.45, 2.75) is 19.5 Å². The number of nitrogens with one attached hydrogen (secondary N) is 1. The van der Waals surface area contributed by atoms with E-state index in [1.807, 2.05) is 40.9 Å². The molecule has 0 aromatic carbocycles. The molecule has 0 aliphatic carbocycles. The Balaban J connectivity index is 1.72. The molecule has 0 radical (unpaired) electrons.